The molecule has 5 heteroatoms. The van der Waals surface area contributed by atoms with Gasteiger partial charge in [0, 0.05) is 0 Å². The van der Waals surface area contributed by atoms with Crippen LogP contribution in [0.3, 0.4) is 0 Å². The van der Waals surface area contributed by atoms with Gasteiger partial charge < -0.3 is 5.32 Å². The lowest BCUT2D eigenvalue weighted by atomic mass is 9.85. The van der Waals surface area contributed by atoms with Crippen LogP contribution < -0.4 is 5.32 Å². The van der Waals surface area contributed by atoms with Crippen molar-refractivity contribution in [2.75, 3.05) is 0 Å². The van der Waals surface area contributed by atoms with Crippen LogP contribution in [0.2, 0.25) is 0 Å². The van der Waals surface area contributed by atoms with Gasteiger partial charge in [-0.25, -0.2) is 0 Å². The molecule has 1 aromatic carbocycles. The summed E-state index contributed by atoms with van der Waals surface area (Å²) in [5.41, 5.74) is 2.43. The van der Waals surface area contributed by atoms with E-state index in [0.29, 0.717) is 19.3 Å². The van der Waals surface area contributed by atoms with Crippen LogP contribution in [0.4, 0.5) is 0 Å². The predicted octanol–water partition coefficient (Wildman–Crippen LogP) is 3.55. The van der Waals surface area contributed by atoms with Crippen LogP contribution >= 0.6 is 0 Å². The number of imide groups is 1. The lowest BCUT2D eigenvalue weighted by Crippen LogP contribution is -2.51. The first-order chi connectivity index (χ1) is 14.0. The molecule has 154 valence electrons. The molecule has 0 aromatic heterocycles. The van der Waals surface area contributed by atoms with Crippen LogP contribution in [0.25, 0.3) is 0 Å². The number of aryl methyl sites for hydroxylation is 1. The van der Waals surface area contributed by atoms with Crippen LogP contribution in [0.5, 0.6) is 0 Å². The number of rotatable bonds is 5. The van der Waals surface area contributed by atoms with Crippen molar-refractivity contribution in [2.24, 2.45) is 17.8 Å². The van der Waals surface area contributed by atoms with Gasteiger partial charge in [0.2, 0.25) is 17.7 Å². The third-order valence-electron chi connectivity index (χ3n) is 6.54. The van der Waals surface area contributed by atoms with Crippen LogP contribution in [0, 0.1) is 17.8 Å². The molecule has 1 aromatic rings. The highest BCUT2D eigenvalue weighted by atomic mass is 16.2. The number of carbonyl (C=O) groups excluding carboxylic acids is 3. The van der Waals surface area contributed by atoms with Crippen LogP contribution in [0.1, 0.15) is 63.1 Å². The van der Waals surface area contributed by atoms with Gasteiger partial charge in [-0.1, -0.05) is 50.3 Å². The number of nitrogens with one attached hydrogen (secondary N) is 1. The Hall–Kier alpha value is -2.43. The Balaban J connectivity index is 1.57. The zero-order chi connectivity index (χ0) is 20.5. The molecule has 4 atom stereocenters. The molecule has 0 radical (unpaired) electrons. The molecule has 0 bridgehead atoms. The average molecular weight is 395 g/mol. The van der Waals surface area contributed by atoms with Crippen molar-refractivity contribution in [2.45, 2.75) is 64.5 Å². The minimum absolute atomic E-state index is 0.0566. The first-order valence-corrected chi connectivity index (χ1v) is 10.9. The van der Waals surface area contributed by atoms with Gasteiger partial charge in [0.25, 0.3) is 0 Å². The standard InChI is InChI=1S/C24H30N2O3/c1-15(2)14-21(26-23(28)18-11-5-6-12-19(18)24(26)29)22(27)25-20-13-7-9-16-8-3-4-10-17(16)20/h3-6,8,10,15,18-21H,7,9,11-14H2,1-2H3,(H,25,27)/t18-,19-,20+,21+/m0/s1. The molecule has 1 N–H and O–H groups in total. The van der Waals surface area contributed by atoms with Crippen LogP contribution in [-0.2, 0) is 20.8 Å². The molecule has 1 fully saturated rings. The van der Waals surface area contributed by atoms with Gasteiger partial charge >= 0.3 is 0 Å². The second-order valence-corrected chi connectivity index (χ2v) is 9.00. The van der Waals surface area contributed by atoms with Gasteiger partial charge in [0.1, 0.15) is 6.04 Å². The minimum Gasteiger partial charge on any atom is -0.347 e. The molecule has 2 aliphatic carbocycles. The number of amides is 3. The van der Waals surface area contributed by atoms with Crippen LogP contribution in [0.15, 0.2) is 36.4 Å². The summed E-state index contributed by atoms with van der Waals surface area (Å²) in [7, 11) is 0. The molecule has 0 saturated carbocycles. The fourth-order valence-electron chi connectivity index (χ4n) is 5.08. The summed E-state index contributed by atoms with van der Waals surface area (Å²) in [6.07, 6.45) is 8.57. The summed E-state index contributed by atoms with van der Waals surface area (Å²) >= 11 is 0. The van der Waals surface area contributed by atoms with Gasteiger partial charge in [-0.05, 0) is 55.6 Å². The maximum atomic E-state index is 13.4. The number of nitrogens with zero attached hydrogens (tertiary/aromatic N) is 1. The molecule has 0 unspecified atom stereocenters. The van der Waals surface area contributed by atoms with E-state index in [1.165, 1.54) is 10.5 Å². The van der Waals surface area contributed by atoms with Gasteiger partial charge in [-0.15, -0.1) is 0 Å². The van der Waals surface area contributed by atoms with Crippen LogP contribution in [-0.4, -0.2) is 28.7 Å². The van der Waals surface area contributed by atoms with E-state index < -0.39 is 6.04 Å². The Bertz CT molecular complexity index is 818. The zero-order valence-corrected chi connectivity index (χ0v) is 17.3. The molecule has 1 saturated heterocycles. The van der Waals surface area contributed by atoms with Gasteiger partial charge in [0.05, 0.1) is 17.9 Å². The largest absolute Gasteiger partial charge is 0.347 e. The molecule has 5 nitrogen and oxygen atoms in total. The third-order valence-corrected chi connectivity index (χ3v) is 6.54. The minimum atomic E-state index is -0.727. The smallest absolute Gasteiger partial charge is 0.243 e. The fourth-order valence-corrected chi connectivity index (χ4v) is 5.08. The van der Waals surface area contributed by atoms with Crippen molar-refractivity contribution in [3.8, 4) is 0 Å². The van der Waals surface area contributed by atoms with Crippen molar-refractivity contribution in [3.05, 3.63) is 47.5 Å². The van der Waals surface area contributed by atoms with Crippen molar-refractivity contribution >= 4 is 17.7 Å². The topological polar surface area (TPSA) is 66.5 Å². The second kappa shape index (κ2) is 8.13. The van der Waals surface area contributed by atoms with E-state index in [0.717, 1.165) is 24.8 Å². The predicted molar refractivity (Wildman–Crippen MR) is 111 cm³/mol. The van der Waals surface area contributed by atoms with E-state index in [9.17, 15) is 14.4 Å². The number of benzene rings is 1. The van der Waals surface area contributed by atoms with E-state index >= 15 is 0 Å². The first kappa shape index (κ1) is 19.9. The molecule has 3 aliphatic rings. The van der Waals surface area contributed by atoms with Crippen molar-refractivity contribution in [3.63, 3.8) is 0 Å². The molecule has 1 aliphatic heterocycles. The number of likely N-dealkylation sites (tertiary alicyclic amines) is 1. The fraction of sp³-hybridized carbons (Fsp3) is 0.542. The normalized spacial score (nSPS) is 27.0. The van der Waals surface area contributed by atoms with Crippen molar-refractivity contribution in [1.82, 2.24) is 10.2 Å². The quantitative estimate of drug-likeness (QED) is 0.614. The Morgan fingerprint density at radius 3 is 2.41 bits per heavy atom. The van der Waals surface area contributed by atoms with Gasteiger partial charge in [0.15, 0.2) is 0 Å². The summed E-state index contributed by atoms with van der Waals surface area (Å²) in [5.74, 6) is -0.946. The summed E-state index contributed by atoms with van der Waals surface area (Å²) in [6.45, 7) is 4.05. The molecule has 29 heavy (non-hydrogen) atoms. The number of allylic oxidation sites excluding steroid dienone is 2. The highest BCUT2D eigenvalue weighted by Crippen LogP contribution is 2.37. The number of carbonyl (C=O) groups is 3. The van der Waals surface area contributed by atoms with Crippen molar-refractivity contribution < 1.29 is 14.4 Å². The average Bonchev–Trinajstić information content (AvgIpc) is 2.97. The summed E-state index contributed by atoms with van der Waals surface area (Å²) in [6, 6.07) is 7.43. The van der Waals surface area contributed by atoms with E-state index in [1.807, 2.05) is 38.1 Å². The number of fused-ring (bicyclic) bond motifs is 2. The van der Waals surface area contributed by atoms with E-state index in [2.05, 4.69) is 17.4 Å². The zero-order valence-electron chi connectivity index (χ0n) is 17.3. The SMILES string of the molecule is CC(C)C[C@H](C(=O)N[C@@H]1CCCc2ccccc21)N1C(=O)[C@H]2CC=CC[C@@H]2C1=O. The second-order valence-electron chi connectivity index (χ2n) is 9.00. The third kappa shape index (κ3) is 3.75. The summed E-state index contributed by atoms with van der Waals surface area (Å²) in [4.78, 5) is 40.8. The molecule has 4 rings (SSSR count). The monoisotopic (exact) mass is 394 g/mol. The molecular weight excluding hydrogens is 364 g/mol. The Kier molecular flexibility index (Phi) is 5.57. The Morgan fingerprint density at radius 1 is 1.10 bits per heavy atom. The Labute approximate surface area is 172 Å². The molecule has 1 heterocycles. The summed E-state index contributed by atoms with van der Waals surface area (Å²) < 4.78 is 0. The molecule has 0 spiro atoms. The first-order valence-electron chi connectivity index (χ1n) is 10.9. The maximum absolute atomic E-state index is 13.4. The number of hydrogen-bond acceptors (Lipinski definition) is 3. The van der Waals surface area contributed by atoms with E-state index in [4.69, 9.17) is 0 Å². The van der Waals surface area contributed by atoms with Crippen molar-refractivity contribution in [1.29, 1.82) is 0 Å². The number of hydrogen-bond donors (Lipinski definition) is 1. The lowest BCUT2D eigenvalue weighted by Gasteiger charge is -2.31. The molecule has 3 amide bonds. The highest BCUT2D eigenvalue weighted by Gasteiger charge is 2.51. The highest BCUT2D eigenvalue weighted by molar-refractivity contribution is 6.08. The molecular formula is C24H30N2O3. The van der Waals surface area contributed by atoms with E-state index in [1.54, 1.807) is 0 Å². The van der Waals surface area contributed by atoms with E-state index in [-0.39, 0.29) is 41.5 Å². The Morgan fingerprint density at radius 2 is 1.76 bits per heavy atom. The summed E-state index contributed by atoms with van der Waals surface area (Å²) in [5, 5.41) is 3.18. The van der Waals surface area contributed by atoms with Gasteiger partial charge in [-0.2, -0.15) is 0 Å². The van der Waals surface area contributed by atoms with Gasteiger partial charge in [-0.3, -0.25) is 19.3 Å². The lowest BCUT2D eigenvalue weighted by molar-refractivity contribution is -0.148. The maximum Gasteiger partial charge on any atom is 0.243 e.